The van der Waals surface area contributed by atoms with Crippen molar-refractivity contribution in [3.63, 3.8) is 0 Å². The van der Waals surface area contributed by atoms with E-state index in [0.29, 0.717) is 30.0 Å². The summed E-state index contributed by atoms with van der Waals surface area (Å²) in [5.74, 6) is 0.256. The maximum atomic E-state index is 12.3. The Kier molecular flexibility index (Phi) is 4.57. The second-order valence-electron chi connectivity index (χ2n) is 5.98. The summed E-state index contributed by atoms with van der Waals surface area (Å²) in [5.41, 5.74) is 2.05. The number of hydrogen-bond acceptors (Lipinski definition) is 5. The number of nitrogens with zero attached hydrogens (tertiary/aromatic N) is 4. The van der Waals surface area contributed by atoms with E-state index in [1.54, 1.807) is 35.3 Å². The Hall–Kier alpha value is -2.74. The van der Waals surface area contributed by atoms with Gasteiger partial charge in [-0.25, -0.2) is 4.98 Å². The largest absolute Gasteiger partial charge is 0.385 e. The number of H-pyrrole nitrogens is 1. The van der Waals surface area contributed by atoms with E-state index in [9.17, 15) is 9.90 Å². The molecule has 0 saturated carbocycles. The van der Waals surface area contributed by atoms with Crippen molar-refractivity contribution in [3.8, 4) is 0 Å². The lowest BCUT2D eigenvalue weighted by molar-refractivity contribution is 0.0952. The highest BCUT2D eigenvalue weighted by atomic mass is 16.3. The zero-order chi connectivity index (χ0) is 17.1. The van der Waals surface area contributed by atoms with Crippen molar-refractivity contribution < 1.29 is 9.90 Å². The minimum Gasteiger partial charge on any atom is -0.385 e. The molecule has 0 aromatic carbocycles. The van der Waals surface area contributed by atoms with Gasteiger partial charge in [-0.1, -0.05) is 13.8 Å². The number of carbonyl (C=O) groups is 1. The number of pyridine rings is 1. The first-order chi connectivity index (χ1) is 11.6. The highest BCUT2D eigenvalue weighted by Crippen LogP contribution is 2.20. The Morgan fingerprint density at radius 3 is 2.92 bits per heavy atom. The molecule has 0 aliphatic heterocycles. The summed E-state index contributed by atoms with van der Waals surface area (Å²) >= 11 is 0. The maximum Gasteiger partial charge on any atom is 0.252 e. The van der Waals surface area contributed by atoms with Gasteiger partial charge >= 0.3 is 0 Å². The SMILES string of the molecule is CC(C)C(O)c1nnc2ccc(C(=O)NCCc3cnc[nH]3)cn12. The predicted octanol–water partition coefficient (Wildman–Crippen LogP) is 1.11. The monoisotopic (exact) mass is 328 g/mol. The molecule has 0 aliphatic rings. The van der Waals surface area contributed by atoms with E-state index in [4.69, 9.17) is 0 Å². The van der Waals surface area contributed by atoms with Crippen LogP contribution in [0.2, 0.25) is 0 Å². The minimum atomic E-state index is -0.737. The van der Waals surface area contributed by atoms with E-state index in [1.165, 1.54) is 0 Å². The number of fused-ring (bicyclic) bond motifs is 1. The quantitative estimate of drug-likeness (QED) is 0.628. The summed E-state index contributed by atoms with van der Waals surface area (Å²) in [6, 6.07) is 3.41. The fourth-order valence-corrected chi connectivity index (χ4v) is 2.38. The first-order valence-corrected chi connectivity index (χ1v) is 7.84. The van der Waals surface area contributed by atoms with Gasteiger partial charge in [-0.3, -0.25) is 9.20 Å². The van der Waals surface area contributed by atoms with Crippen LogP contribution in [0, 0.1) is 5.92 Å². The molecule has 1 amide bonds. The molecule has 0 radical (unpaired) electrons. The molecule has 8 heteroatoms. The fourth-order valence-electron chi connectivity index (χ4n) is 2.38. The van der Waals surface area contributed by atoms with Crippen molar-refractivity contribution in [1.82, 2.24) is 29.9 Å². The molecule has 3 rings (SSSR count). The van der Waals surface area contributed by atoms with Gasteiger partial charge < -0.3 is 15.4 Å². The lowest BCUT2D eigenvalue weighted by Crippen LogP contribution is -2.26. The van der Waals surface area contributed by atoms with Crippen molar-refractivity contribution in [2.24, 2.45) is 5.92 Å². The number of aliphatic hydroxyl groups excluding tert-OH is 1. The topological polar surface area (TPSA) is 108 Å². The van der Waals surface area contributed by atoms with Crippen LogP contribution in [0.1, 0.15) is 41.8 Å². The Labute approximate surface area is 139 Å². The van der Waals surface area contributed by atoms with E-state index >= 15 is 0 Å². The van der Waals surface area contributed by atoms with Crippen molar-refractivity contribution in [2.75, 3.05) is 6.54 Å². The molecule has 3 heterocycles. The van der Waals surface area contributed by atoms with Gasteiger partial charge in [-0.15, -0.1) is 10.2 Å². The van der Waals surface area contributed by atoms with E-state index in [1.807, 2.05) is 13.8 Å². The molecular formula is C16H20N6O2. The van der Waals surface area contributed by atoms with Crippen LogP contribution in [-0.2, 0) is 6.42 Å². The Bertz CT molecular complexity index is 824. The molecule has 0 fully saturated rings. The third-order valence-corrected chi connectivity index (χ3v) is 3.82. The molecule has 24 heavy (non-hydrogen) atoms. The highest BCUT2D eigenvalue weighted by Gasteiger charge is 2.19. The average Bonchev–Trinajstić information content (AvgIpc) is 3.22. The minimum absolute atomic E-state index is 0.00397. The van der Waals surface area contributed by atoms with Crippen LogP contribution >= 0.6 is 0 Å². The summed E-state index contributed by atoms with van der Waals surface area (Å²) in [6.07, 6.45) is 4.94. The zero-order valence-corrected chi connectivity index (χ0v) is 13.6. The van der Waals surface area contributed by atoms with Gasteiger partial charge in [-0.05, 0) is 18.1 Å². The summed E-state index contributed by atoms with van der Waals surface area (Å²) in [6.45, 7) is 4.30. The number of hydrogen-bond donors (Lipinski definition) is 3. The van der Waals surface area contributed by atoms with Gasteiger partial charge in [-0.2, -0.15) is 0 Å². The van der Waals surface area contributed by atoms with Crippen LogP contribution in [0.4, 0.5) is 0 Å². The van der Waals surface area contributed by atoms with Crippen LogP contribution in [0.25, 0.3) is 5.65 Å². The third-order valence-electron chi connectivity index (χ3n) is 3.82. The van der Waals surface area contributed by atoms with Crippen molar-refractivity contribution >= 4 is 11.6 Å². The van der Waals surface area contributed by atoms with Crippen molar-refractivity contribution in [1.29, 1.82) is 0 Å². The molecule has 1 unspecified atom stereocenters. The lowest BCUT2D eigenvalue weighted by Gasteiger charge is -2.12. The van der Waals surface area contributed by atoms with Crippen LogP contribution in [0.3, 0.4) is 0 Å². The van der Waals surface area contributed by atoms with E-state index in [-0.39, 0.29) is 11.8 Å². The summed E-state index contributed by atoms with van der Waals surface area (Å²) in [5, 5.41) is 21.2. The maximum absolute atomic E-state index is 12.3. The van der Waals surface area contributed by atoms with Crippen LogP contribution in [-0.4, -0.2) is 42.1 Å². The number of rotatable bonds is 6. The number of imidazole rings is 1. The van der Waals surface area contributed by atoms with Gasteiger partial charge in [0.25, 0.3) is 5.91 Å². The second kappa shape index (κ2) is 6.79. The van der Waals surface area contributed by atoms with Gasteiger partial charge in [0, 0.05) is 31.1 Å². The highest BCUT2D eigenvalue weighted by molar-refractivity contribution is 5.94. The molecule has 0 saturated heterocycles. The molecule has 3 aromatic rings. The first-order valence-electron chi connectivity index (χ1n) is 7.84. The molecule has 0 aliphatic carbocycles. The van der Waals surface area contributed by atoms with Crippen LogP contribution < -0.4 is 5.32 Å². The van der Waals surface area contributed by atoms with Gasteiger partial charge in [0.15, 0.2) is 11.5 Å². The number of nitrogens with one attached hydrogen (secondary N) is 2. The molecular weight excluding hydrogens is 308 g/mol. The Morgan fingerprint density at radius 2 is 2.21 bits per heavy atom. The Morgan fingerprint density at radius 1 is 1.38 bits per heavy atom. The normalized spacial score (nSPS) is 12.7. The molecule has 0 bridgehead atoms. The number of aromatic nitrogens is 5. The summed E-state index contributed by atoms with van der Waals surface area (Å²) in [4.78, 5) is 19.2. The standard InChI is InChI=1S/C16H20N6O2/c1-10(2)14(23)15-21-20-13-4-3-11(8-22(13)15)16(24)18-6-5-12-7-17-9-19-12/h3-4,7-10,14,23H,5-6H2,1-2H3,(H,17,19)(H,18,24). The van der Waals surface area contributed by atoms with Gasteiger partial charge in [0.2, 0.25) is 0 Å². The second-order valence-corrected chi connectivity index (χ2v) is 5.98. The van der Waals surface area contributed by atoms with E-state index in [0.717, 1.165) is 5.69 Å². The average molecular weight is 328 g/mol. The molecule has 8 nitrogen and oxygen atoms in total. The van der Waals surface area contributed by atoms with Crippen LogP contribution in [0.15, 0.2) is 30.9 Å². The third kappa shape index (κ3) is 3.28. The number of amides is 1. The lowest BCUT2D eigenvalue weighted by atomic mass is 10.1. The van der Waals surface area contributed by atoms with Crippen LogP contribution in [0.5, 0.6) is 0 Å². The first kappa shape index (κ1) is 16.1. The number of aromatic amines is 1. The van der Waals surface area contributed by atoms with E-state index in [2.05, 4.69) is 25.5 Å². The summed E-state index contributed by atoms with van der Waals surface area (Å²) < 4.78 is 1.66. The molecule has 3 aromatic heterocycles. The molecule has 1 atom stereocenters. The van der Waals surface area contributed by atoms with Gasteiger partial charge in [0.05, 0.1) is 11.9 Å². The summed E-state index contributed by atoms with van der Waals surface area (Å²) in [7, 11) is 0. The number of carbonyl (C=O) groups excluding carboxylic acids is 1. The Balaban J connectivity index is 1.74. The number of aliphatic hydroxyl groups is 1. The van der Waals surface area contributed by atoms with E-state index < -0.39 is 6.10 Å². The molecule has 0 spiro atoms. The molecule has 3 N–H and O–H groups in total. The van der Waals surface area contributed by atoms with Crippen molar-refractivity contribution in [2.45, 2.75) is 26.4 Å². The predicted molar refractivity (Wildman–Crippen MR) is 87.4 cm³/mol. The zero-order valence-electron chi connectivity index (χ0n) is 13.6. The fraction of sp³-hybridized carbons (Fsp3) is 0.375. The smallest absolute Gasteiger partial charge is 0.252 e. The van der Waals surface area contributed by atoms with Crippen molar-refractivity contribution in [3.05, 3.63) is 47.9 Å². The van der Waals surface area contributed by atoms with Gasteiger partial charge in [0.1, 0.15) is 6.10 Å². The molecule has 126 valence electrons.